The normalized spacial score (nSPS) is 33.4. The molecule has 0 aromatic heterocycles. The zero-order valence-electron chi connectivity index (χ0n) is 16.8. The topological polar surface area (TPSA) is 52.6 Å². The molecule has 1 aliphatic carbocycles. The van der Waals surface area contributed by atoms with Gasteiger partial charge in [-0.25, -0.2) is 0 Å². The van der Waals surface area contributed by atoms with Crippen LogP contribution in [-0.2, 0) is 4.79 Å². The van der Waals surface area contributed by atoms with Crippen molar-refractivity contribution in [1.29, 1.82) is 0 Å². The first kappa shape index (κ1) is 18.8. The summed E-state index contributed by atoms with van der Waals surface area (Å²) in [4.78, 5) is 15.0. The molecule has 1 saturated carbocycles. The predicted octanol–water partition coefficient (Wildman–Crippen LogP) is 3.29. The molecule has 0 spiro atoms. The molecule has 29 heavy (non-hydrogen) atoms. The van der Waals surface area contributed by atoms with E-state index in [1.54, 1.807) is 0 Å². The maximum Gasteiger partial charge on any atom is 0.234 e. The Morgan fingerprint density at radius 2 is 1.41 bits per heavy atom. The van der Waals surface area contributed by atoms with Crippen LogP contribution in [-0.4, -0.2) is 47.2 Å². The van der Waals surface area contributed by atoms with Gasteiger partial charge in [-0.1, -0.05) is 60.7 Å². The van der Waals surface area contributed by atoms with Crippen molar-refractivity contribution >= 4 is 5.91 Å². The molecule has 1 amide bonds. The van der Waals surface area contributed by atoms with Crippen LogP contribution in [0.25, 0.3) is 0 Å². The summed E-state index contributed by atoms with van der Waals surface area (Å²) in [7, 11) is 0. The molecule has 2 N–H and O–H groups in total. The van der Waals surface area contributed by atoms with Crippen molar-refractivity contribution in [2.75, 3.05) is 13.1 Å². The number of rotatable bonds is 6. The molecule has 2 heterocycles. The summed E-state index contributed by atoms with van der Waals surface area (Å²) in [5.74, 6) is 1.52. The smallest absolute Gasteiger partial charge is 0.234 e. The molecule has 2 aromatic carbocycles. The van der Waals surface area contributed by atoms with E-state index in [0.717, 1.165) is 32.2 Å². The number of nitrogens with one attached hydrogen (secondary N) is 1. The number of aliphatic hydroxyl groups excluding tert-OH is 1. The first-order chi connectivity index (χ1) is 14.2. The minimum Gasteiger partial charge on any atom is -0.393 e. The molecule has 5 rings (SSSR count). The number of hydrogen-bond donors (Lipinski definition) is 2. The lowest BCUT2D eigenvalue weighted by atomic mass is 10.00. The number of hydrogen-bond acceptors (Lipinski definition) is 3. The third-order valence-corrected chi connectivity index (χ3v) is 7.26. The van der Waals surface area contributed by atoms with Gasteiger partial charge >= 0.3 is 0 Å². The van der Waals surface area contributed by atoms with Crippen LogP contribution < -0.4 is 5.32 Å². The molecule has 4 nitrogen and oxygen atoms in total. The fraction of sp³-hybridized carbons (Fsp3) is 0.480. The van der Waals surface area contributed by atoms with Gasteiger partial charge in [0.2, 0.25) is 5.91 Å². The zero-order chi connectivity index (χ0) is 19.8. The number of benzene rings is 2. The number of nitrogens with zero attached hydrogens (tertiary/aromatic N) is 1. The van der Waals surface area contributed by atoms with Gasteiger partial charge in [-0.05, 0) is 54.6 Å². The molecule has 3 aliphatic rings. The van der Waals surface area contributed by atoms with Crippen LogP contribution in [0.1, 0.15) is 48.6 Å². The number of aliphatic hydroxyl groups is 1. The number of carbonyl (C=O) groups is 1. The van der Waals surface area contributed by atoms with Gasteiger partial charge in [-0.2, -0.15) is 0 Å². The Labute approximate surface area is 172 Å². The van der Waals surface area contributed by atoms with Gasteiger partial charge in [0.15, 0.2) is 0 Å². The van der Waals surface area contributed by atoms with Crippen molar-refractivity contribution in [3.05, 3.63) is 71.8 Å². The van der Waals surface area contributed by atoms with E-state index in [1.807, 2.05) is 0 Å². The van der Waals surface area contributed by atoms with E-state index in [9.17, 15) is 9.90 Å². The Morgan fingerprint density at radius 3 is 1.93 bits per heavy atom. The summed E-state index contributed by atoms with van der Waals surface area (Å²) in [5.41, 5.74) is 2.73. The number of fused-ring (bicyclic) bond motifs is 2. The Balaban J connectivity index is 1.22. The Bertz CT molecular complexity index is 781. The second-order valence-corrected chi connectivity index (χ2v) is 9.02. The van der Waals surface area contributed by atoms with Crippen molar-refractivity contribution in [3.8, 4) is 0 Å². The minimum atomic E-state index is -0.184. The van der Waals surface area contributed by atoms with Gasteiger partial charge in [-0.3, -0.25) is 9.69 Å². The Hall–Kier alpha value is -2.17. The zero-order valence-corrected chi connectivity index (χ0v) is 16.8. The summed E-state index contributed by atoms with van der Waals surface area (Å²) in [6.07, 6.45) is 3.68. The van der Waals surface area contributed by atoms with Gasteiger partial charge in [0.25, 0.3) is 0 Å². The second kappa shape index (κ2) is 7.92. The van der Waals surface area contributed by atoms with Crippen LogP contribution in [0.15, 0.2) is 60.7 Å². The van der Waals surface area contributed by atoms with Crippen molar-refractivity contribution in [2.45, 2.75) is 55.7 Å². The van der Waals surface area contributed by atoms with E-state index >= 15 is 0 Å². The van der Waals surface area contributed by atoms with E-state index in [1.165, 1.54) is 11.1 Å². The average Bonchev–Trinajstić information content (AvgIpc) is 3.42. The Kier molecular flexibility index (Phi) is 5.15. The van der Waals surface area contributed by atoms with Crippen LogP contribution in [0.3, 0.4) is 0 Å². The molecule has 2 saturated heterocycles. The molecule has 152 valence electrons. The molecule has 4 heteroatoms. The maximum atomic E-state index is 12.7. The minimum absolute atomic E-state index is 0.129. The summed E-state index contributed by atoms with van der Waals surface area (Å²) >= 11 is 0. The highest BCUT2D eigenvalue weighted by Crippen LogP contribution is 2.60. The Morgan fingerprint density at radius 1 is 0.897 bits per heavy atom. The highest BCUT2D eigenvalue weighted by atomic mass is 16.3. The molecule has 2 aliphatic heterocycles. The lowest BCUT2D eigenvalue weighted by Crippen LogP contribution is -2.49. The molecule has 3 fully saturated rings. The molecular weight excluding hydrogens is 360 g/mol. The number of carbonyl (C=O) groups excluding carboxylic acids is 1. The highest BCUT2D eigenvalue weighted by molar-refractivity contribution is 5.78. The van der Waals surface area contributed by atoms with Crippen LogP contribution >= 0.6 is 0 Å². The first-order valence-corrected chi connectivity index (χ1v) is 11.0. The third kappa shape index (κ3) is 3.84. The van der Waals surface area contributed by atoms with E-state index in [2.05, 4.69) is 70.9 Å². The first-order valence-electron chi connectivity index (χ1n) is 11.0. The summed E-state index contributed by atoms with van der Waals surface area (Å²) < 4.78 is 0. The van der Waals surface area contributed by atoms with Crippen LogP contribution in [0.4, 0.5) is 0 Å². The SMILES string of the molecule is O=C(CN1C2CCC1CC(O)C2)NCC1C(c2ccccc2)C1c1ccccc1. The van der Waals surface area contributed by atoms with Crippen molar-refractivity contribution in [1.82, 2.24) is 10.2 Å². The molecule has 0 radical (unpaired) electrons. The summed E-state index contributed by atoms with van der Waals surface area (Å²) in [6, 6.07) is 22.1. The van der Waals surface area contributed by atoms with E-state index in [-0.39, 0.29) is 12.0 Å². The van der Waals surface area contributed by atoms with E-state index < -0.39 is 0 Å². The fourth-order valence-electron chi connectivity index (χ4n) is 5.84. The molecular formula is C25H30N2O2. The molecule has 4 unspecified atom stereocenters. The van der Waals surface area contributed by atoms with Gasteiger partial charge in [0.05, 0.1) is 12.6 Å². The predicted molar refractivity (Wildman–Crippen MR) is 114 cm³/mol. The fourth-order valence-corrected chi connectivity index (χ4v) is 5.84. The quantitative estimate of drug-likeness (QED) is 0.796. The highest BCUT2D eigenvalue weighted by Gasteiger charge is 2.51. The van der Waals surface area contributed by atoms with E-state index in [4.69, 9.17) is 0 Å². The van der Waals surface area contributed by atoms with Crippen LogP contribution in [0, 0.1) is 5.92 Å². The summed E-state index contributed by atoms with van der Waals surface area (Å²) in [5, 5.41) is 13.2. The van der Waals surface area contributed by atoms with E-state index in [0.29, 0.717) is 36.4 Å². The molecule has 2 bridgehead atoms. The second-order valence-electron chi connectivity index (χ2n) is 9.02. The van der Waals surface area contributed by atoms with Crippen molar-refractivity contribution in [3.63, 3.8) is 0 Å². The van der Waals surface area contributed by atoms with Gasteiger partial charge in [-0.15, -0.1) is 0 Å². The van der Waals surface area contributed by atoms with Gasteiger partial charge in [0.1, 0.15) is 0 Å². The lowest BCUT2D eigenvalue weighted by molar-refractivity contribution is -0.124. The third-order valence-electron chi connectivity index (χ3n) is 7.26. The van der Waals surface area contributed by atoms with Crippen molar-refractivity contribution < 1.29 is 9.90 Å². The average molecular weight is 391 g/mol. The number of piperidine rings is 1. The molecule has 4 atom stereocenters. The summed E-state index contributed by atoms with van der Waals surface area (Å²) in [6.45, 7) is 1.20. The van der Waals surface area contributed by atoms with Gasteiger partial charge in [0, 0.05) is 18.6 Å². The molecule has 2 aromatic rings. The lowest BCUT2D eigenvalue weighted by Gasteiger charge is -2.36. The van der Waals surface area contributed by atoms with Crippen LogP contribution in [0.2, 0.25) is 0 Å². The largest absolute Gasteiger partial charge is 0.393 e. The monoisotopic (exact) mass is 390 g/mol. The standard InChI is InChI=1S/C25H30N2O2/c28-21-13-19-11-12-20(14-21)27(19)16-23(29)26-15-22-24(17-7-3-1-4-8-17)25(22)18-9-5-2-6-10-18/h1-10,19-22,24-25,28H,11-16H2,(H,26,29). The van der Waals surface area contributed by atoms with Crippen molar-refractivity contribution in [2.24, 2.45) is 5.92 Å². The maximum absolute atomic E-state index is 12.7. The van der Waals surface area contributed by atoms with Crippen LogP contribution in [0.5, 0.6) is 0 Å². The number of amides is 1. The van der Waals surface area contributed by atoms with Gasteiger partial charge < -0.3 is 10.4 Å².